The van der Waals surface area contributed by atoms with Crippen LogP contribution in [0.1, 0.15) is 31.0 Å². The first-order valence-electron chi connectivity index (χ1n) is 9.52. The summed E-state index contributed by atoms with van der Waals surface area (Å²) in [6.45, 7) is 0.802. The Bertz CT molecular complexity index is 808. The summed E-state index contributed by atoms with van der Waals surface area (Å²) < 4.78 is 10.4. The predicted molar refractivity (Wildman–Crippen MR) is 109 cm³/mol. The Morgan fingerprint density at radius 3 is 2.61 bits per heavy atom. The monoisotopic (exact) mass is 384 g/mol. The molecule has 3 rings (SSSR count). The van der Waals surface area contributed by atoms with Crippen molar-refractivity contribution in [2.24, 2.45) is 0 Å². The summed E-state index contributed by atoms with van der Waals surface area (Å²) in [5, 5.41) is 0. The maximum absolute atomic E-state index is 12.7. The number of carbonyl (C=O) groups excluding carboxylic acids is 1. The molecule has 150 valence electrons. The Labute approximate surface area is 166 Å². The molecule has 0 saturated carbocycles. The molecule has 7 nitrogen and oxygen atoms in total. The second-order valence-corrected chi connectivity index (χ2v) is 7.12. The van der Waals surface area contributed by atoms with E-state index in [1.165, 1.54) is 0 Å². The summed E-state index contributed by atoms with van der Waals surface area (Å²) in [5.74, 6) is 1.43. The number of nitrogens with zero attached hydrogens (tertiary/aromatic N) is 4. The largest absolute Gasteiger partial charge is 0.497 e. The molecule has 2 aromatic rings. The van der Waals surface area contributed by atoms with Gasteiger partial charge in [-0.3, -0.25) is 4.79 Å². The van der Waals surface area contributed by atoms with Gasteiger partial charge in [-0.25, -0.2) is 9.97 Å². The van der Waals surface area contributed by atoms with E-state index in [1.807, 2.05) is 54.4 Å². The summed E-state index contributed by atoms with van der Waals surface area (Å²) >= 11 is 0. The van der Waals surface area contributed by atoms with Gasteiger partial charge in [-0.05, 0) is 37.0 Å². The fraction of sp³-hybridized carbons (Fsp3) is 0.476. The van der Waals surface area contributed by atoms with Crippen LogP contribution in [0.4, 0.5) is 5.95 Å². The van der Waals surface area contributed by atoms with Crippen molar-refractivity contribution in [3.8, 4) is 16.9 Å². The third kappa shape index (κ3) is 4.25. The highest BCUT2D eigenvalue weighted by Crippen LogP contribution is 2.36. The van der Waals surface area contributed by atoms with E-state index in [0.29, 0.717) is 5.95 Å². The normalized spacial score (nSPS) is 16.7. The van der Waals surface area contributed by atoms with E-state index in [4.69, 9.17) is 14.5 Å². The Balaban J connectivity index is 2.07. The molecule has 0 radical (unpaired) electrons. The van der Waals surface area contributed by atoms with Crippen molar-refractivity contribution in [3.05, 3.63) is 36.2 Å². The van der Waals surface area contributed by atoms with E-state index in [1.54, 1.807) is 14.2 Å². The van der Waals surface area contributed by atoms with Gasteiger partial charge in [0.1, 0.15) is 12.4 Å². The van der Waals surface area contributed by atoms with Crippen LogP contribution in [0.3, 0.4) is 0 Å². The summed E-state index contributed by atoms with van der Waals surface area (Å²) in [5.41, 5.74) is 2.83. The van der Waals surface area contributed by atoms with Crippen molar-refractivity contribution in [2.75, 3.05) is 46.4 Å². The van der Waals surface area contributed by atoms with Gasteiger partial charge in [0, 0.05) is 39.5 Å². The Hall–Kier alpha value is -2.67. The van der Waals surface area contributed by atoms with Crippen molar-refractivity contribution >= 4 is 11.9 Å². The zero-order valence-electron chi connectivity index (χ0n) is 17.0. The average Bonchev–Trinajstić information content (AvgIpc) is 2.73. The third-order valence-electron chi connectivity index (χ3n) is 5.01. The van der Waals surface area contributed by atoms with Crippen molar-refractivity contribution in [1.29, 1.82) is 0 Å². The van der Waals surface area contributed by atoms with E-state index in [-0.39, 0.29) is 18.6 Å². The minimum atomic E-state index is -0.0878. The molecule has 1 saturated heterocycles. The number of likely N-dealkylation sites (tertiary alicyclic amines) is 1. The molecule has 0 bridgehead atoms. The molecule has 1 fully saturated rings. The first kappa shape index (κ1) is 20.1. The molecule has 0 unspecified atom stereocenters. The number of ether oxygens (including phenoxy) is 2. The second-order valence-electron chi connectivity index (χ2n) is 7.12. The van der Waals surface area contributed by atoms with Crippen LogP contribution in [0, 0.1) is 0 Å². The highest BCUT2D eigenvalue weighted by Gasteiger charge is 2.31. The van der Waals surface area contributed by atoms with Crippen LogP contribution in [0.25, 0.3) is 11.1 Å². The van der Waals surface area contributed by atoms with Crippen LogP contribution in [0.15, 0.2) is 30.5 Å². The van der Waals surface area contributed by atoms with Crippen LogP contribution in [0.2, 0.25) is 0 Å². The number of methoxy groups -OCH3 is 2. The predicted octanol–water partition coefficient (Wildman–Crippen LogP) is 2.92. The average molecular weight is 384 g/mol. The fourth-order valence-electron chi connectivity index (χ4n) is 3.57. The van der Waals surface area contributed by atoms with Gasteiger partial charge >= 0.3 is 0 Å². The number of rotatable bonds is 6. The fourth-order valence-corrected chi connectivity index (χ4v) is 3.57. The minimum absolute atomic E-state index is 0.00195. The summed E-state index contributed by atoms with van der Waals surface area (Å²) in [6.07, 6.45) is 4.79. The number of piperidine rings is 1. The molecule has 0 aliphatic carbocycles. The van der Waals surface area contributed by atoms with Crippen molar-refractivity contribution in [1.82, 2.24) is 14.9 Å². The molecule has 7 heteroatoms. The van der Waals surface area contributed by atoms with E-state index in [0.717, 1.165) is 48.4 Å². The van der Waals surface area contributed by atoms with Crippen LogP contribution in [-0.2, 0) is 9.53 Å². The number of amides is 1. The summed E-state index contributed by atoms with van der Waals surface area (Å²) in [6, 6.07) is 7.76. The van der Waals surface area contributed by atoms with Gasteiger partial charge in [-0.2, -0.15) is 0 Å². The topological polar surface area (TPSA) is 67.8 Å². The molecule has 0 spiro atoms. The highest BCUT2D eigenvalue weighted by atomic mass is 16.5. The van der Waals surface area contributed by atoms with Gasteiger partial charge in [-0.1, -0.05) is 12.1 Å². The van der Waals surface area contributed by atoms with E-state index < -0.39 is 0 Å². The second kappa shape index (κ2) is 9.01. The van der Waals surface area contributed by atoms with Crippen molar-refractivity contribution in [2.45, 2.75) is 25.3 Å². The molecule has 1 aliphatic rings. The van der Waals surface area contributed by atoms with Gasteiger partial charge in [-0.15, -0.1) is 0 Å². The number of benzene rings is 1. The lowest BCUT2D eigenvalue weighted by atomic mass is 9.93. The number of hydrogen-bond acceptors (Lipinski definition) is 6. The Morgan fingerprint density at radius 1 is 1.21 bits per heavy atom. The number of carbonyl (C=O) groups is 1. The number of hydrogen-bond donors (Lipinski definition) is 0. The third-order valence-corrected chi connectivity index (χ3v) is 5.01. The highest BCUT2D eigenvalue weighted by molar-refractivity contribution is 5.78. The standard InChI is InChI=1S/C21H28N4O3/c1-24(2)21-22-13-17(15-8-10-16(28-4)11-9-15)20(23-21)18-7-5-6-12-25(18)19(26)14-27-3/h8-11,13,18H,5-7,12,14H2,1-4H3/t18-/m1/s1. The zero-order valence-corrected chi connectivity index (χ0v) is 17.0. The summed E-state index contributed by atoms with van der Waals surface area (Å²) in [4.78, 5) is 25.8. The number of aromatic nitrogens is 2. The first-order chi connectivity index (χ1) is 13.5. The van der Waals surface area contributed by atoms with Crippen LogP contribution in [-0.4, -0.2) is 62.2 Å². The lowest BCUT2D eigenvalue weighted by Gasteiger charge is -2.36. The molecule has 1 aliphatic heterocycles. The van der Waals surface area contributed by atoms with Crippen molar-refractivity contribution < 1.29 is 14.3 Å². The lowest BCUT2D eigenvalue weighted by molar-refractivity contribution is -0.139. The molecule has 0 N–H and O–H groups in total. The molecule has 1 aromatic heterocycles. The zero-order chi connectivity index (χ0) is 20.1. The lowest BCUT2D eigenvalue weighted by Crippen LogP contribution is -2.41. The molecular formula is C21H28N4O3. The van der Waals surface area contributed by atoms with E-state index >= 15 is 0 Å². The van der Waals surface area contributed by atoms with E-state index in [2.05, 4.69) is 4.98 Å². The SMILES string of the molecule is COCC(=O)N1CCCC[C@@H]1c1nc(N(C)C)ncc1-c1ccc(OC)cc1. The van der Waals surface area contributed by atoms with Gasteiger partial charge < -0.3 is 19.3 Å². The molecule has 1 aromatic carbocycles. The molecular weight excluding hydrogens is 356 g/mol. The maximum Gasteiger partial charge on any atom is 0.249 e. The van der Waals surface area contributed by atoms with Crippen LogP contribution in [0.5, 0.6) is 5.75 Å². The smallest absolute Gasteiger partial charge is 0.249 e. The summed E-state index contributed by atoms with van der Waals surface area (Å²) in [7, 11) is 7.03. The molecule has 28 heavy (non-hydrogen) atoms. The van der Waals surface area contributed by atoms with Gasteiger partial charge in [0.05, 0.1) is 18.8 Å². The molecule has 1 amide bonds. The minimum Gasteiger partial charge on any atom is -0.497 e. The van der Waals surface area contributed by atoms with Crippen LogP contribution >= 0.6 is 0 Å². The molecule has 1 atom stereocenters. The van der Waals surface area contributed by atoms with Crippen LogP contribution < -0.4 is 9.64 Å². The quantitative estimate of drug-likeness (QED) is 0.763. The van der Waals surface area contributed by atoms with Gasteiger partial charge in [0.25, 0.3) is 0 Å². The van der Waals surface area contributed by atoms with E-state index in [9.17, 15) is 4.79 Å². The first-order valence-corrected chi connectivity index (χ1v) is 9.52. The van der Waals surface area contributed by atoms with Crippen molar-refractivity contribution in [3.63, 3.8) is 0 Å². The Morgan fingerprint density at radius 2 is 1.96 bits per heavy atom. The number of anilines is 1. The maximum atomic E-state index is 12.7. The van der Waals surface area contributed by atoms with Gasteiger partial charge in [0.2, 0.25) is 11.9 Å². The molecule has 2 heterocycles. The van der Waals surface area contributed by atoms with Gasteiger partial charge in [0.15, 0.2) is 0 Å². The Kier molecular flexibility index (Phi) is 6.46.